The van der Waals surface area contributed by atoms with Crippen LogP contribution < -0.4 is 0 Å². The van der Waals surface area contributed by atoms with Gasteiger partial charge in [-0.05, 0) is 23.3 Å². The Morgan fingerprint density at radius 3 is 1.55 bits per heavy atom. The predicted molar refractivity (Wildman–Crippen MR) is 80.7 cm³/mol. The largest absolute Gasteiger partial charge is 0.416 e. The molecule has 2 aromatic rings. The third kappa shape index (κ3) is 3.56. The second kappa shape index (κ2) is 5.59. The third-order valence-corrected chi connectivity index (χ3v) is 3.37. The van der Waals surface area contributed by atoms with Crippen molar-refractivity contribution in [2.45, 2.75) is 26.9 Å². The minimum absolute atomic E-state index is 0.0338. The van der Waals surface area contributed by atoms with E-state index in [0.717, 1.165) is 17.7 Å². The van der Waals surface area contributed by atoms with Crippen molar-refractivity contribution in [3.63, 3.8) is 0 Å². The van der Waals surface area contributed by atoms with Gasteiger partial charge in [-0.1, -0.05) is 57.2 Å². The van der Waals surface area contributed by atoms with Crippen LogP contribution in [0, 0.1) is 5.41 Å². The highest BCUT2D eigenvalue weighted by atomic mass is 19.4. The van der Waals surface area contributed by atoms with E-state index in [1.807, 2.05) is 20.8 Å². The van der Waals surface area contributed by atoms with Crippen molar-refractivity contribution in [2.24, 2.45) is 5.41 Å². The molecule has 0 saturated carbocycles. The van der Waals surface area contributed by atoms with Crippen LogP contribution in [0.2, 0.25) is 0 Å². The molecule has 116 valence electrons. The van der Waals surface area contributed by atoms with Crippen molar-refractivity contribution in [3.05, 3.63) is 59.7 Å². The molecule has 0 aliphatic rings. The smallest absolute Gasteiger partial charge is 0.294 e. The molecule has 0 saturated heterocycles. The van der Waals surface area contributed by atoms with Crippen molar-refractivity contribution in [2.75, 3.05) is 0 Å². The van der Waals surface area contributed by atoms with Gasteiger partial charge in [0.2, 0.25) is 0 Å². The SMILES string of the molecule is CC(C)(C)C(=O)c1ccc(-c2ccc(C(F)(F)F)cc2)cc1. The third-order valence-electron chi connectivity index (χ3n) is 3.37. The Hall–Kier alpha value is -2.10. The van der Waals surface area contributed by atoms with Crippen LogP contribution in [0.5, 0.6) is 0 Å². The van der Waals surface area contributed by atoms with E-state index in [0.29, 0.717) is 11.1 Å². The van der Waals surface area contributed by atoms with Gasteiger partial charge in [-0.25, -0.2) is 0 Å². The molecule has 0 heterocycles. The van der Waals surface area contributed by atoms with E-state index in [1.54, 1.807) is 24.3 Å². The van der Waals surface area contributed by atoms with Crippen molar-refractivity contribution < 1.29 is 18.0 Å². The molecule has 0 radical (unpaired) electrons. The Morgan fingerprint density at radius 2 is 1.18 bits per heavy atom. The van der Waals surface area contributed by atoms with E-state index >= 15 is 0 Å². The van der Waals surface area contributed by atoms with Gasteiger partial charge in [0.1, 0.15) is 0 Å². The van der Waals surface area contributed by atoms with Gasteiger partial charge in [0.05, 0.1) is 5.56 Å². The lowest BCUT2D eigenvalue weighted by molar-refractivity contribution is -0.137. The number of halogens is 3. The molecule has 0 aliphatic carbocycles. The van der Waals surface area contributed by atoms with Crippen molar-refractivity contribution in [1.29, 1.82) is 0 Å². The van der Waals surface area contributed by atoms with Crippen molar-refractivity contribution in [1.82, 2.24) is 0 Å². The molecule has 0 spiro atoms. The normalized spacial score (nSPS) is 12.3. The summed E-state index contributed by atoms with van der Waals surface area (Å²) in [5.41, 5.74) is 0.927. The summed E-state index contributed by atoms with van der Waals surface area (Å²) in [6, 6.07) is 11.9. The number of rotatable bonds is 2. The molecule has 22 heavy (non-hydrogen) atoms. The fraction of sp³-hybridized carbons (Fsp3) is 0.278. The van der Waals surface area contributed by atoms with Gasteiger partial charge in [-0.3, -0.25) is 4.79 Å². The molecule has 2 aromatic carbocycles. The first-order chi connectivity index (χ1) is 10.1. The molecule has 0 aliphatic heterocycles. The molecule has 0 bridgehead atoms. The molecule has 0 aromatic heterocycles. The minimum Gasteiger partial charge on any atom is -0.294 e. The van der Waals surface area contributed by atoms with Gasteiger partial charge < -0.3 is 0 Å². The molecular weight excluding hydrogens is 289 g/mol. The summed E-state index contributed by atoms with van der Waals surface area (Å²) in [7, 11) is 0. The average molecular weight is 306 g/mol. The van der Waals surface area contributed by atoms with E-state index in [2.05, 4.69) is 0 Å². The second-order valence-corrected chi connectivity index (χ2v) is 6.23. The van der Waals surface area contributed by atoms with E-state index < -0.39 is 17.2 Å². The number of benzene rings is 2. The maximum absolute atomic E-state index is 12.5. The highest BCUT2D eigenvalue weighted by Crippen LogP contribution is 2.31. The highest BCUT2D eigenvalue weighted by molar-refractivity contribution is 6.00. The lowest BCUT2D eigenvalue weighted by Gasteiger charge is -2.16. The van der Waals surface area contributed by atoms with E-state index in [4.69, 9.17) is 0 Å². The van der Waals surface area contributed by atoms with Crippen LogP contribution in [0.25, 0.3) is 11.1 Å². The van der Waals surface area contributed by atoms with Crippen LogP contribution in [0.4, 0.5) is 13.2 Å². The van der Waals surface area contributed by atoms with Gasteiger partial charge in [0.25, 0.3) is 0 Å². The summed E-state index contributed by atoms with van der Waals surface area (Å²) in [4.78, 5) is 12.1. The molecule has 0 fully saturated rings. The zero-order valence-electron chi connectivity index (χ0n) is 12.7. The zero-order chi connectivity index (χ0) is 16.5. The number of hydrogen-bond acceptors (Lipinski definition) is 1. The number of hydrogen-bond donors (Lipinski definition) is 0. The summed E-state index contributed by atoms with van der Waals surface area (Å²) in [5, 5.41) is 0. The molecule has 2 rings (SSSR count). The van der Waals surface area contributed by atoms with Crippen LogP contribution >= 0.6 is 0 Å². The summed E-state index contributed by atoms with van der Waals surface area (Å²) in [6.45, 7) is 5.54. The number of alkyl halides is 3. The summed E-state index contributed by atoms with van der Waals surface area (Å²) < 4.78 is 37.6. The van der Waals surface area contributed by atoms with Gasteiger partial charge in [0.15, 0.2) is 5.78 Å². The first-order valence-corrected chi connectivity index (χ1v) is 6.91. The Balaban J connectivity index is 2.26. The van der Waals surface area contributed by atoms with Crippen LogP contribution in [-0.2, 0) is 6.18 Å². The van der Waals surface area contributed by atoms with Gasteiger partial charge in [-0.2, -0.15) is 13.2 Å². The van der Waals surface area contributed by atoms with Crippen LogP contribution in [-0.4, -0.2) is 5.78 Å². The molecule has 0 N–H and O–H groups in total. The summed E-state index contributed by atoms with van der Waals surface area (Å²) in [6.07, 6.45) is -4.33. The standard InChI is InChI=1S/C18H17F3O/c1-17(2,3)16(22)14-6-4-12(5-7-14)13-8-10-15(11-9-13)18(19,20)21/h4-11H,1-3H3. The molecule has 4 heteroatoms. The van der Waals surface area contributed by atoms with Crippen molar-refractivity contribution in [3.8, 4) is 11.1 Å². The number of ketones is 1. The fourth-order valence-corrected chi connectivity index (χ4v) is 2.10. The number of carbonyl (C=O) groups excluding carboxylic acids is 1. The maximum Gasteiger partial charge on any atom is 0.416 e. The molecule has 1 nitrogen and oxygen atoms in total. The van der Waals surface area contributed by atoms with Gasteiger partial charge in [-0.15, -0.1) is 0 Å². The summed E-state index contributed by atoms with van der Waals surface area (Å²) in [5.74, 6) is 0.0338. The Kier molecular flexibility index (Phi) is 4.14. The average Bonchev–Trinajstić information content (AvgIpc) is 2.45. The van der Waals surface area contributed by atoms with E-state index in [-0.39, 0.29) is 5.78 Å². The molecule has 0 unspecified atom stereocenters. The molecule has 0 amide bonds. The fourth-order valence-electron chi connectivity index (χ4n) is 2.10. The minimum atomic E-state index is -4.33. The quantitative estimate of drug-likeness (QED) is 0.660. The van der Waals surface area contributed by atoms with Crippen LogP contribution in [0.15, 0.2) is 48.5 Å². The lowest BCUT2D eigenvalue weighted by atomic mass is 9.86. The lowest BCUT2D eigenvalue weighted by Crippen LogP contribution is -2.19. The maximum atomic E-state index is 12.5. The molecule has 0 atom stereocenters. The van der Waals surface area contributed by atoms with Crippen LogP contribution in [0.3, 0.4) is 0 Å². The van der Waals surface area contributed by atoms with E-state index in [9.17, 15) is 18.0 Å². The highest BCUT2D eigenvalue weighted by Gasteiger charge is 2.30. The Labute approximate surface area is 127 Å². The van der Waals surface area contributed by atoms with Crippen LogP contribution in [0.1, 0.15) is 36.7 Å². The molecular formula is C18H17F3O. The number of carbonyl (C=O) groups is 1. The van der Waals surface area contributed by atoms with Gasteiger partial charge in [0, 0.05) is 11.0 Å². The first kappa shape index (κ1) is 16.3. The Bertz CT molecular complexity index is 659. The monoisotopic (exact) mass is 306 g/mol. The number of Topliss-reactive ketones (excluding diaryl/α,β-unsaturated/α-hetero) is 1. The predicted octanol–water partition coefficient (Wildman–Crippen LogP) is 5.60. The van der Waals surface area contributed by atoms with Crippen molar-refractivity contribution >= 4 is 5.78 Å². The zero-order valence-corrected chi connectivity index (χ0v) is 12.7. The second-order valence-electron chi connectivity index (χ2n) is 6.23. The summed E-state index contributed by atoms with van der Waals surface area (Å²) >= 11 is 0. The van der Waals surface area contributed by atoms with Gasteiger partial charge >= 0.3 is 6.18 Å². The first-order valence-electron chi connectivity index (χ1n) is 6.91. The Morgan fingerprint density at radius 1 is 0.773 bits per heavy atom. The van der Waals surface area contributed by atoms with E-state index in [1.165, 1.54) is 12.1 Å². The topological polar surface area (TPSA) is 17.1 Å².